The lowest BCUT2D eigenvalue weighted by Crippen LogP contribution is -2.23. The van der Waals surface area contributed by atoms with Crippen molar-refractivity contribution in [2.45, 2.75) is 26.3 Å². The van der Waals surface area contributed by atoms with Gasteiger partial charge in [-0.3, -0.25) is 4.79 Å². The summed E-state index contributed by atoms with van der Waals surface area (Å²) in [5.41, 5.74) is 3.27. The topological polar surface area (TPSA) is 46.9 Å². The number of hydrogen-bond donors (Lipinski definition) is 1. The highest BCUT2D eigenvalue weighted by molar-refractivity contribution is 5.91. The Kier molecular flexibility index (Phi) is 5.62. The van der Waals surface area contributed by atoms with Crippen molar-refractivity contribution in [3.63, 3.8) is 0 Å². The Hall–Kier alpha value is -2.88. The van der Waals surface area contributed by atoms with E-state index in [4.69, 9.17) is 0 Å². The van der Waals surface area contributed by atoms with Crippen LogP contribution < -0.4 is 5.32 Å². The van der Waals surface area contributed by atoms with E-state index >= 15 is 0 Å². The summed E-state index contributed by atoms with van der Waals surface area (Å²) < 4.78 is 2.20. The Morgan fingerprint density at radius 1 is 1.20 bits per heavy atom. The number of carbonyl (C=O) groups excluding carboxylic acids is 1. The minimum absolute atomic E-state index is 0.0701. The van der Waals surface area contributed by atoms with Crippen LogP contribution in [0.2, 0.25) is 0 Å². The maximum atomic E-state index is 12.0. The smallest absolute Gasteiger partial charge is 0.244 e. The molecule has 2 heterocycles. The monoisotopic (exact) mass is 333 g/mol. The van der Waals surface area contributed by atoms with E-state index in [1.54, 1.807) is 6.08 Å². The van der Waals surface area contributed by atoms with Crippen LogP contribution in [0.3, 0.4) is 0 Å². The molecule has 2 aromatic heterocycles. The molecule has 0 saturated heterocycles. The Bertz CT molecular complexity index is 865. The first-order valence-electron chi connectivity index (χ1n) is 8.71. The molecule has 0 radical (unpaired) electrons. The Labute approximate surface area is 148 Å². The van der Waals surface area contributed by atoms with E-state index in [0.717, 1.165) is 30.6 Å². The second-order valence-corrected chi connectivity index (χ2v) is 6.01. The summed E-state index contributed by atoms with van der Waals surface area (Å²) >= 11 is 0. The van der Waals surface area contributed by atoms with Gasteiger partial charge in [0.25, 0.3) is 0 Å². The Morgan fingerprint density at radius 2 is 2.04 bits per heavy atom. The molecule has 0 fully saturated rings. The average molecular weight is 333 g/mol. The van der Waals surface area contributed by atoms with E-state index in [-0.39, 0.29) is 5.91 Å². The van der Waals surface area contributed by atoms with Crippen LogP contribution in [-0.2, 0) is 17.8 Å². The van der Waals surface area contributed by atoms with Crippen molar-refractivity contribution in [1.82, 2.24) is 14.9 Å². The van der Waals surface area contributed by atoms with Gasteiger partial charge < -0.3 is 9.88 Å². The molecule has 0 aliphatic heterocycles. The molecule has 25 heavy (non-hydrogen) atoms. The SMILES string of the molecule is CCCn1cc(CCNC(=O)/C=C/c2ccccc2)c2cccnc21. The van der Waals surface area contributed by atoms with Crippen molar-refractivity contribution in [3.05, 3.63) is 72.1 Å². The van der Waals surface area contributed by atoms with Crippen LogP contribution in [-0.4, -0.2) is 22.0 Å². The fourth-order valence-corrected chi connectivity index (χ4v) is 2.92. The van der Waals surface area contributed by atoms with E-state index in [1.165, 1.54) is 10.9 Å². The molecule has 0 aliphatic rings. The largest absolute Gasteiger partial charge is 0.352 e. The third-order valence-corrected chi connectivity index (χ3v) is 4.10. The molecule has 0 atom stereocenters. The maximum Gasteiger partial charge on any atom is 0.244 e. The van der Waals surface area contributed by atoms with Crippen molar-refractivity contribution in [2.24, 2.45) is 0 Å². The highest BCUT2D eigenvalue weighted by Crippen LogP contribution is 2.20. The average Bonchev–Trinajstić information content (AvgIpc) is 2.99. The summed E-state index contributed by atoms with van der Waals surface area (Å²) in [5, 5.41) is 4.12. The number of rotatable bonds is 7. The van der Waals surface area contributed by atoms with Gasteiger partial charge in [-0.1, -0.05) is 37.3 Å². The molecule has 0 bridgehead atoms. The highest BCUT2D eigenvalue weighted by Gasteiger charge is 2.08. The fourth-order valence-electron chi connectivity index (χ4n) is 2.92. The number of benzene rings is 1. The molecule has 0 saturated carbocycles. The van der Waals surface area contributed by atoms with E-state index in [9.17, 15) is 4.79 Å². The molecule has 3 rings (SSSR count). The van der Waals surface area contributed by atoms with Gasteiger partial charge in [0, 0.05) is 36.9 Å². The van der Waals surface area contributed by atoms with E-state index < -0.39 is 0 Å². The van der Waals surface area contributed by atoms with E-state index in [1.807, 2.05) is 48.7 Å². The van der Waals surface area contributed by atoms with Gasteiger partial charge in [-0.2, -0.15) is 0 Å². The Balaban J connectivity index is 1.59. The number of aromatic nitrogens is 2. The zero-order valence-corrected chi connectivity index (χ0v) is 14.5. The summed E-state index contributed by atoms with van der Waals surface area (Å²) in [6, 6.07) is 13.9. The second-order valence-electron chi connectivity index (χ2n) is 6.01. The van der Waals surface area contributed by atoms with Gasteiger partial charge in [0.1, 0.15) is 5.65 Å². The summed E-state index contributed by atoms with van der Waals surface area (Å²) in [6.07, 6.45) is 9.26. The van der Waals surface area contributed by atoms with Gasteiger partial charge in [0.05, 0.1) is 0 Å². The molecule has 0 spiro atoms. The molecule has 0 unspecified atom stereocenters. The molecule has 4 heteroatoms. The van der Waals surface area contributed by atoms with Crippen molar-refractivity contribution in [2.75, 3.05) is 6.54 Å². The van der Waals surface area contributed by atoms with Crippen molar-refractivity contribution >= 4 is 23.0 Å². The standard InChI is InChI=1S/C21H23N3O/c1-2-15-24-16-18(19-9-6-13-23-21(19)24)12-14-22-20(25)11-10-17-7-4-3-5-8-17/h3-11,13,16H,2,12,14-15H2,1H3,(H,22,25)/b11-10+. The Morgan fingerprint density at radius 3 is 2.84 bits per heavy atom. The third kappa shape index (κ3) is 4.35. The first kappa shape index (κ1) is 17.0. The molecule has 0 aliphatic carbocycles. The highest BCUT2D eigenvalue weighted by atomic mass is 16.1. The molecular weight excluding hydrogens is 310 g/mol. The van der Waals surface area contributed by atoms with Crippen LogP contribution in [0.25, 0.3) is 17.1 Å². The van der Waals surface area contributed by atoms with Gasteiger partial charge in [-0.15, -0.1) is 0 Å². The van der Waals surface area contributed by atoms with Crippen LogP contribution >= 0.6 is 0 Å². The predicted molar refractivity (Wildman–Crippen MR) is 102 cm³/mol. The van der Waals surface area contributed by atoms with Crippen LogP contribution in [0, 0.1) is 0 Å². The minimum Gasteiger partial charge on any atom is -0.352 e. The lowest BCUT2D eigenvalue weighted by molar-refractivity contribution is -0.116. The molecule has 128 valence electrons. The van der Waals surface area contributed by atoms with Crippen LogP contribution in [0.4, 0.5) is 0 Å². The number of aryl methyl sites for hydroxylation is 1. The number of hydrogen-bond acceptors (Lipinski definition) is 2. The van der Waals surface area contributed by atoms with E-state index in [2.05, 4.69) is 34.1 Å². The first-order valence-corrected chi connectivity index (χ1v) is 8.71. The number of fused-ring (bicyclic) bond motifs is 1. The predicted octanol–water partition coefficient (Wildman–Crippen LogP) is 3.82. The lowest BCUT2D eigenvalue weighted by Gasteiger charge is -2.01. The quantitative estimate of drug-likeness (QED) is 0.668. The van der Waals surface area contributed by atoms with Crippen molar-refractivity contribution in [3.8, 4) is 0 Å². The third-order valence-electron chi connectivity index (χ3n) is 4.10. The zero-order valence-electron chi connectivity index (χ0n) is 14.5. The number of nitrogens with zero attached hydrogens (tertiary/aromatic N) is 2. The number of amides is 1. The zero-order chi connectivity index (χ0) is 17.5. The molecule has 1 aromatic carbocycles. The molecule has 1 amide bonds. The summed E-state index contributed by atoms with van der Waals surface area (Å²) in [6.45, 7) is 3.73. The van der Waals surface area contributed by atoms with Crippen molar-refractivity contribution < 1.29 is 4.79 Å². The van der Waals surface area contributed by atoms with Crippen molar-refractivity contribution in [1.29, 1.82) is 0 Å². The van der Waals surface area contributed by atoms with E-state index in [0.29, 0.717) is 6.54 Å². The first-order chi connectivity index (χ1) is 12.3. The molecular formula is C21H23N3O. The van der Waals surface area contributed by atoms with Crippen LogP contribution in [0.1, 0.15) is 24.5 Å². The van der Waals surface area contributed by atoms with Gasteiger partial charge >= 0.3 is 0 Å². The molecule has 4 nitrogen and oxygen atoms in total. The van der Waals surface area contributed by atoms with Gasteiger partial charge in [-0.25, -0.2) is 4.98 Å². The van der Waals surface area contributed by atoms with Crippen LogP contribution in [0.5, 0.6) is 0 Å². The maximum absolute atomic E-state index is 12.0. The van der Waals surface area contributed by atoms with Gasteiger partial charge in [0.2, 0.25) is 5.91 Å². The molecule has 3 aromatic rings. The summed E-state index contributed by atoms with van der Waals surface area (Å²) in [4.78, 5) is 16.5. The fraction of sp³-hybridized carbons (Fsp3) is 0.238. The second kappa shape index (κ2) is 8.29. The van der Waals surface area contributed by atoms with Gasteiger partial charge in [0.15, 0.2) is 0 Å². The summed E-state index contributed by atoms with van der Waals surface area (Å²) in [5.74, 6) is -0.0701. The van der Waals surface area contributed by atoms with Crippen LogP contribution in [0.15, 0.2) is 60.9 Å². The molecule has 1 N–H and O–H groups in total. The lowest BCUT2D eigenvalue weighted by atomic mass is 10.1. The number of carbonyl (C=O) groups is 1. The minimum atomic E-state index is -0.0701. The number of pyridine rings is 1. The summed E-state index contributed by atoms with van der Waals surface area (Å²) in [7, 11) is 0. The number of nitrogens with one attached hydrogen (secondary N) is 1. The van der Waals surface area contributed by atoms with Gasteiger partial charge in [-0.05, 0) is 42.2 Å². The normalized spacial score (nSPS) is 11.2.